The van der Waals surface area contributed by atoms with Gasteiger partial charge in [0.05, 0.1) is 4.90 Å². The van der Waals surface area contributed by atoms with E-state index in [4.69, 9.17) is 4.74 Å². The zero-order valence-corrected chi connectivity index (χ0v) is 13.3. The predicted molar refractivity (Wildman–Crippen MR) is 80.7 cm³/mol. The number of halogens is 3. The van der Waals surface area contributed by atoms with Gasteiger partial charge in [-0.2, -0.15) is 13.2 Å². The van der Waals surface area contributed by atoms with Crippen molar-refractivity contribution in [3.63, 3.8) is 0 Å². The Morgan fingerprint density at radius 1 is 1.04 bits per heavy atom. The number of hydrogen-bond acceptors (Lipinski definition) is 4. The van der Waals surface area contributed by atoms with Crippen LogP contribution >= 0.6 is 0 Å². The van der Waals surface area contributed by atoms with Gasteiger partial charge in [-0.1, -0.05) is 24.3 Å². The Morgan fingerprint density at radius 2 is 1.62 bits per heavy atom. The molecule has 0 spiro atoms. The summed E-state index contributed by atoms with van der Waals surface area (Å²) in [6.07, 6.45) is -3.91. The lowest BCUT2D eigenvalue weighted by atomic mass is 10.0. The van der Waals surface area contributed by atoms with Crippen LogP contribution in [-0.2, 0) is 16.4 Å². The van der Waals surface area contributed by atoms with E-state index in [1.165, 1.54) is 42.5 Å². The summed E-state index contributed by atoms with van der Waals surface area (Å²) in [5, 5.41) is 0. The summed E-state index contributed by atoms with van der Waals surface area (Å²) in [5.74, 6) is -1.66. The van der Waals surface area contributed by atoms with Crippen LogP contribution in [0.25, 0.3) is 0 Å². The van der Waals surface area contributed by atoms with Crippen molar-refractivity contribution in [1.29, 1.82) is 0 Å². The first-order valence-corrected chi connectivity index (χ1v) is 8.60. The SMILES string of the molecule is CS(=O)(=O)c1ccc(OCc2ccccc2C(=O)C(F)(F)F)cc1. The van der Waals surface area contributed by atoms with Crippen LogP contribution in [0.1, 0.15) is 15.9 Å². The third-order valence-corrected chi connectivity index (χ3v) is 4.29. The molecule has 0 atom stereocenters. The number of ketones is 1. The van der Waals surface area contributed by atoms with E-state index in [2.05, 4.69) is 0 Å². The van der Waals surface area contributed by atoms with E-state index in [1.54, 1.807) is 0 Å². The van der Waals surface area contributed by atoms with E-state index in [0.717, 1.165) is 12.3 Å². The molecule has 0 heterocycles. The van der Waals surface area contributed by atoms with Crippen molar-refractivity contribution in [2.75, 3.05) is 6.26 Å². The molecule has 2 rings (SSSR count). The van der Waals surface area contributed by atoms with Crippen LogP contribution in [0.15, 0.2) is 53.4 Å². The molecule has 128 valence electrons. The molecule has 0 bridgehead atoms. The minimum absolute atomic E-state index is 0.0898. The fraction of sp³-hybridized carbons (Fsp3) is 0.188. The number of hydrogen-bond donors (Lipinski definition) is 0. The largest absolute Gasteiger partial charge is 0.489 e. The second-order valence-electron chi connectivity index (χ2n) is 5.02. The third kappa shape index (κ3) is 4.35. The number of sulfone groups is 1. The molecule has 2 aromatic rings. The summed E-state index contributed by atoms with van der Waals surface area (Å²) >= 11 is 0. The van der Waals surface area contributed by atoms with Crippen molar-refractivity contribution >= 4 is 15.6 Å². The molecule has 0 aliphatic heterocycles. The van der Waals surface area contributed by atoms with Gasteiger partial charge in [0.15, 0.2) is 9.84 Å². The molecule has 2 aromatic carbocycles. The van der Waals surface area contributed by atoms with Crippen molar-refractivity contribution in [2.24, 2.45) is 0 Å². The lowest BCUT2D eigenvalue weighted by molar-refractivity contribution is -0.0886. The van der Waals surface area contributed by atoms with Crippen LogP contribution in [0.3, 0.4) is 0 Å². The standard InChI is InChI=1S/C16H13F3O4S/c1-24(21,22)13-8-6-12(7-9-13)23-10-11-4-2-3-5-14(11)15(20)16(17,18)19/h2-9H,10H2,1H3. The normalized spacial score (nSPS) is 12.0. The van der Waals surface area contributed by atoms with Crippen molar-refractivity contribution in [1.82, 2.24) is 0 Å². The van der Waals surface area contributed by atoms with Gasteiger partial charge in [0, 0.05) is 17.4 Å². The van der Waals surface area contributed by atoms with Gasteiger partial charge in [-0.05, 0) is 24.3 Å². The topological polar surface area (TPSA) is 60.4 Å². The van der Waals surface area contributed by atoms with Crippen LogP contribution in [0, 0.1) is 0 Å². The summed E-state index contributed by atoms with van der Waals surface area (Å²) < 4.78 is 65.8. The molecule has 0 aliphatic rings. The highest BCUT2D eigenvalue weighted by atomic mass is 32.2. The fourth-order valence-corrected chi connectivity index (χ4v) is 2.60. The Bertz CT molecular complexity index is 840. The number of carbonyl (C=O) groups excluding carboxylic acids is 1. The Labute approximate surface area is 136 Å². The molecule has 0 unspecified atom stereocenters. The minimum Gasteiger partial charge on any atom is -0.489 e. The maximum absolute atomic E-state index is 12.6. The highest BCUT2D eigenvalue weighted by Gasteiger charge is 2.40. The Hall–Kier alpha value is -2.35. The van der Waals surface area contributed by atoms with E-state index in [0.29, 0.717) is 0 Å². The summed E-state index contributed by atoms with van der Waals surface area (Å²) in [5.41, 5.74) is -0.384. The molecule has 0 radical (unpaired) electrons. The number of carbonyl (C=O) groups is 1. The van der Waals surface area contributed by atoms with E-state index in [1.807, 2.05) is 0 Å². The number of alkyl halides is 3. The van der Waals surface area contributed by atoms with Gasteiger partial charge in [0.2, 0.25) is 0 Å². The monoisotopic (exact) mass is 358 g/mol. The zero-order valence-electron chi connectivity index (χ0n) is 12.5. The molecular weight excluding hydrogens is 345 g/mol. The van der Waals surface area contributed by atoms with Gasteiger partial charge < -0.3 is 4.74 Å². The van der Waals surface area contributed by atoms with Crippen molar-refractivity contribution in [2.45, 2.75) is 17.7 Å². The fourth-order valence-electron chi connectivity index (χ4n) is 1.96. The maximum atomic E-state index is 12.6. The van der Waals surface area contributed by atoms with E-state index >= 15 is 0 Å². The van der Waals surface area contributed by atoms with E-state index in [-0.39, 0.29) is 22.8 Å². The number of benzene rings is 2. The molecule has 0 amide bonds. The molecule has 0 aliphatic carbocycles. The molecule has 0 fully saturated rings. The molecule has 0 saturated heterocycles. The average Bonchev–Trinajstić information content (AvgIpc) is 2.51. The predicted octanol–water partition coefficient (Wildman–Crippen LogP) is 3.41. The van der Waals surface area contributed by atoms with Crippen LogP contribution in [0.5, 0.6) is 5.75 Å². The van der Waals surface area contributed by atoms with Crippen molar-refractivity contribution in [3.05, 3.63) is 59.7 Å². The minimum atomic E-state index is -4.97. The lowest BCUT2D eigenvalue weighted by Crippen LogP contribution is -2.24. The first-order valence-electron chi connectivity index (χ1n) is 6.71. The number of ether oxygens (including phenoxy) is 1. The maximum Gasteiger partial charge on any atom is 0.454 e. The first-order chi connectivity index (χ1) is 11.1. The quantitative estimate of drug-likeness (QED) is 0.769. The zero-order chi connectivity index (χ0) is 18.0. The van der Waals surface area contributed by atoms with Gasteiger partial charge in [-0.3, -0.25) is 4.79 Å². The average molecular weight is 358 g/mol. The molecule has 24 heavy (non-hydrogen) atoms. The molecule has 4 nitrogen and oxygen atoms in total. The lowest BCUT2D eigenvalue weighted by Gasteiger charge is -2.12. The summed E-state index contributed by atoms with van der Waals surface area (Å²) in [4.78, 5) is 11.5. The molecular formula is C16H13F3O4S. The van der Waals surface area contributed by atoms with Crippen LogP contribution < -0.4 is 4.74 Å². The highest BCUT2D eigenvalue weighted by molar-refractivity contribution is 7.90. The second kappa shape index (κ2) is 6.64. The van der Waals surface area contributed by atoms with Gasteiger partial charge in [0.1, 0.15) is 12.4 Å². The summed E-state index contributed by atoms with van der Waals surface area (Å²) in [7, 11) is -3.35. The summed E-state index contributed by atoms with van der Waals surface area (Å²) in [6.45, 7) is -0.254. The van der Waals surface area contributed by atoms with Crippen molar-refractivity contribution < 1.29 is 31.1 Å². The highest BCUT2D eigenvalue weighted by Crippen LogP contribution is 2.24. The summed E-state index contributed by atoms with van der Waals surface area (Å²) in [6, 6.07) is 10.7. The smallest absolute Gasteiger partial charge is 0.454 e. The van der Waals surface area contributed by atoms with Gasteiger partial charge in [-0.15, -0.1) is 0 Å². The van der Waals surface area contributed by atoms with E-state index < -0.39 is 27.4 Å². The molecule has 0 saturated carbocycles. The van der Waals surface area contributed by atoms with Crippen LogP contribution in [-0.4, -0.2) is 26.6 Å². The Balaban J connectivity index is 2.17. The van der Waals surface area contributed by atoms with Gasteiger partial charge in [0.25, 0.3) is 5.78 Å². The number of Topliss-reactive ketones (excluding diaryl/α,β-unsaturated/α-hetero) is 1. The van der Waals surface area contributed by atoms with Crippen LogP contribution in [0.4, 0.5) is 13.2 Å². The molecule has 0 aromatic heterocycles. The van der Waals surface area contributed by atoms with Crippen molar-refractivity contribution in [3.8, 4) is 5.75 Å². The Kier molecular flexibility index (Phi) is 4.98. The third-order valence-electron chi connectivity index (χ3n) is 3.17. The molecule has 0 N–H and O–H groups in total. The van der Waals surface area contributed by atoms with Gasteiger partial charge in [-0.25, -0.2) is 8.42 Å². The van der Waals surface area contributed by atoms with Crippen LogP contribution in [0.2, 0.25) is 0 Å². The first kappa shape index (κ1) is 18.0. The van der Waals surface area contributed by atoms with E-state index in [9.17, 15) is 26.4 Å². The number of rotatable bonds is 5. The Morgan fingerprint density at radius 3 is 2.17 bits per heavy atom. The molecule has 8 heteroatoms. The van der Waals surface area contributed by atoms with Gasteiger partial charge >= 0.3 is 6.18 Å². The second-order valence-corrected chi connectivity index (χ2v) is 7.03.